The van der Waals surface area contributed by atoms with E-state index in [9.17, 15) is 13.2 Å². The second kappa shape index (κ2) is 7.44. The molecule has 0 N–H and O–H groups in total. The lowest BCUT2D eigenvalue weighted by Crippen LogP contribution is -2.40. The Labute approximate surface area is 176 Å². The monoisotopic (exact) mass is 433 g/mol. The summed E-state index contributed by atoms with van der Waals surface area (Å²) in [6.45, 7) is 1.89. The van der Waals surface area contributed by atoms with Gasteiger partial charge in [-0.05, 0) is 49.3 Å². The van der Waals surface area contributed by atoms with E-state index in [1.807, 2.05) is 0 Å². The van der Waals surface area contributed by atoms with Crippen molar-refractivity contribution >= 4 is 23.4 Å². The molecule has 158 valence electrons. The van der Waals surface area contributed by atoms with Gasteiger partial charge in [-0.3, -0.25) is 0 Å². The summed E-state index contributed by atoms with van der Waals surface area (Å²) in [6, 6.07) is 5.30. The SMILES string of the molecule is FC(F)(F)c1cccc(Sc2cnc(N3CCC4(CCCC4)CC3)n3ncnc23)c1. The average molecular weight is 434 g/mol. The zero-order chi connectivity index (χ0) is 20.8. The smallest absolute Gasteiger partial charge is 0.341 e. The second-order valence-electron chi connectivity index (χ2n) is 8.24. The maximum absolute atomic E-state index is 13.0. The highest BCUT2D eigenvalue weighted by atomic mass is 32.2. The molecule has 0 bridgehead atoms. The molecule has 1 saturated carbocycles. The van der Waals surface area contributed by atoms with E-state index in [-0.39, 0.29) is 0 Å². The van der Waals surface area contributed by atoms with E-state index >= 15 is 0 Å². The Kier molecular flexibility index (Phi) is 4.88. The Bertz CT molecular complexity index is 1050. The topological polar surface area (TPSA) is 46.3 Å². The predicted octanol–water partition coefficient (Wildman–Crippen LogP) is 5.45. The maximum atomic E-state index is 13.0. The number of nitrogens with zero attached hydrogens (tertiary/aromatic N) is 5. The van der Waals surface area contributed by atoms with Gasteiger partial charge >= 0.3 is 6.18 Å². The van der Waals surface area contributed by atoms with Gasteiger partial charge in [0, 0.05) is 24.2 Å². The van der Waals surface area contributed by atoms with Crippen LogP contribution < -0.4 is 4.90 Å². The van der Waals surface area contributed by atoms with Gasteiger partial charge in [-0.15, -0.1) is 0 Å². The van der Waals surface area contributed by atoms with E-state index < -0.39 is 11.7 Å². The Morgan fingerprint density at radius 2 is 1.77 bits per heavy atom. The summed E-state index contributed by atoms with van der Waals surface area (Å²) in [7, 11) is 0. The van der Waals surface area contributed by atoms with Crippen molar-refractivity contribution in [1.29, 1.82) is 0 Å². The van der Waals surface area contributed by atoms with Crippen LogP contribution >= 0.6 is 11.8 Å². The van der Waals surface area contributed by atoms with Gasteiger partial charge in [-0.1, -0.05) is 30.7 Å². The molecule has 0 atom stereocenters. The van der Waals surface area contributed by atoms with Gasteiger partial charge < -0.3 is 4.90 Å². The molecule has 0 radical (unpaired) electrons. The number of alkyl halides is 3. The number of rotatable bonds is 3. The quantitative estimate of drug-likeness (QED) is 0.549. The zero-order valence-corrected chi connectivity index (χ0v) is 17.2. The van der Waals surface area contributed by atoms with Gasteiger partial charge in [-0.25, -0.2) is 9.97 Å². The Morgan fingerprint density at radius 3 is 2.50 bits per heavy atom. The number of halogens is 3. The maximum Gasteiger partial charge on any atom is 0.416 e. The van der Waals surface area contributed by atoms with Gasteiger partial charge in [0.05, 0.1) is 10.5 Å². The molecule has 1 aliphatic carbocycles. The molecule has 5 nitrogen and oxygen atoms in total. The number of benzene rings is 1. The minimum absolute atomic E-state index is 0.491. The summed E-state index contributed by atoms with van der Waals surface area (Å²) >= 11 is 1.22. The second-order valence-corrected chi connectivity index (χ2v) is 9.36. The van der Waals surface area contributed by atoms with E-state index in [1.54, 1.807) is 16.8 Å². The Morgan fingerprint density at radius 1 is 1.00 bits per heavy atom. The van der Waals surface area contributed by atoms with Crippen LogP contribution in [0.5, 0.6) is 0 Å². The summed E-state index contributed by atoms with van der Waals surface area (Å²) in [4.78, 5) is 12.4. The first-order chi connectivity index (χ1) is 14.4. The van der Waals surface area contributed by atoms with Crippen molar-refractivity contribution < 1.29 is 13.2 Å². The molecule has 5 rings (SSSR count). The van der Waals surface area contributed by atoms with Crippen LogP contribution in [0.25, 0.3) is 5.65 Å². The molecule has 1 aromatic carbocycles. The summed E-state index contributed by atoms with van der Waals surface area (Å²) in [5, 5.41) is 4.35. The molecule has 2 fully saturated rings. The van der Waals surface area contributed by atoms with E-state index in [2.05, 4.69) is 20.0 Å². The van der Waals surface area contributed by atoms with Crippen LogP contribution in [-0.2, 0) is 6.18 Å². The fourth-order valence-electron chi connectivity index (χ4n) is 4.74. The lowest BCUT2D eigenvalue weighted by molar-refractivity contribution is -0.137. The lowest BCUT2D eigenvalue weighted by Gasteiger charge is -2.39. The highest BCUT2D eigenvalue weighted by molar-refractivity contribution is 7.99. The predicted molar refractivity (Wildman–Crippen MR) is 109 cm³/mol. The van der Waals surface area contributed by atoms with Crippen LogP contribution in [0.3, 0.4) is 0 Å². The fourth-order valence-corrected chi connectivity index (χ4v) is 5.66. The van der Waals surface area contributed by atoms with Crippen molar-refractivity contribution in [2.75, 3.05) is 18.0 Å². The number of anilines is 1. The third-order valence-corrected chi connectivity index (χ3v) is 7.41. The summed E-state index contributed by atoms with van der Waals surface area (Å²) < 4.78 is 40.8. The lowest BCUT2D eigenvalue weighted by atomic mass is 9.77. The summed E-state index contributed by atoms with van der Waals surface area (Å²) in [5.41, 5.74) is 0.462. The molecule has 1 spiro atoms. The van der Waals surface area contributed by atoms with Crippen LogP contribution in [0.1, 0.15) is 44.1 Å². The van der Waals surface area contributed by atoms with Crippen molar-refractivity contribution in [3.8, 4) is 0 Å². The molecule has 2 aromatic heterocycles. The first kappa shape index (κ1) is 19.7. The van der Waals surface area contributed by atoms with Crippen molar-refractivity contribution in [3.05, 3.63) is 42.4 Å². The number of aromatic nitrogens is 4. The van der Waals surface area contributed by atoms with Crippen molar-refractivity contribution in [2.45, 2.75) is 54.5 Å². The van der Waals surface area contributed by atoms with Crippen molar-refractivity contribution in [3.63, 3.8) is 0 Å². The first-order valence-electron chi connectivity index (χ1n) is 10.2. The van der Waals surface area contributed by atoms with Crippen LogP contribution in [0.2, 0.25) is 0 Å². The number of fused-ring (bicyclic) bond motifs is 1. The van der Waals surface area contributed by atoms with E-state index in [0.29, 0.717) is 20.9 Å². The molecule has 3 aromatic rings. The van der Waals surface area contributed by atoms with Crippen molar-refractivity contribution in [2.24, 2.45) is 5.41 Å². The van der Waals surface area contributed by atoms with Gasteiger partial charge in [0.15, 0.2) is 5.65 Å². The van der Waals surface area contributed by atoms with Gasteiger partial charge in [0.25, 0.3) is 0 Å². The van der Waals surface area contributed by atoms with Crippen LogP contribution in [0.4, 0.5) is 19.1 Å². The largest absolute Gasteiger partial charge is 0.416 e. The number of hydrogen-bond acceptors (Lipinski definition) is 5. The van der Waals surface area contributed by atoms with Gasteiger partial charge in [0.2, 0.25) is 5.95 Å². The van der Waals surface area contributed by atoms with E-state index in [4.69, 9.17) is 0 Å². The minimum Gasteiger partial charge on any atom is -0.341 e. The highest BCUT2D eigenvalue weighted by Crippen LogP contribution is 2.46. The molecule has 1 saturated heterocycles. The molecule has 1 aliphatic heterocycles. The molecule has 9 heteroatoms. The minimum atomic E-state index is -4.37. The molecule has 3 heterocycles. The summed E-state index contributed by atoms with van der Waals surface area (Å²) in [6.07, 6.45) is 6.49. The molecule has 0 unspecified atom stereocenters. The van der Waals surface area contributed by atoms with Crippen LogP contribution in [0, 0.1) is 5.41 Å². The van der Waals surface area contributed by atoms with E-state index in [0.717, 1.165) is 31.2 Å². The highest BCUT2D eigenvalue weighted by Gasteiger charge is 2.37. The van der Waals surface area contributed by atoms with E-state index in [1.165, 1.54) is 62.7 Å². The standard InChI is InChI=1S/C21H22F3N5S/c22-21(23,24)15-4-3-5-16(12-15)30-17-13-25-19(29-18(17)26-14-27-29)28-10-8-20(9-11-28)6-1-2-7-20/h3-5,12-14H,1-2,6-11H2. The first-order valence-corrected chi connectivity index (χ1v) is 11.0. The molecular formula is C21H22F3N5S. The van der Waals surface area contributed by atoms with Crippen molar-refractivity contribution in [1.82, 2.24) is 19.6 Å². The normalized spacial score (nSPS) is 19.1. The van der Waals surface area contributed by atoms with Crippen LogP contribution in [0.15, 0.2) is 46.6 Å². The Balaban J connectivity index is 1.40. The molecule has 0 amide bonds. The van der Waals surface area contributed by atoms with Crippen LogP contribution in [-0.4, -0.2) is 32.7 Å². The Hall–Kier alpha value is -2.29. The third-order valence-electron chi connectivity index (χ3n) is 6.42. The number of piperidine rings is 1. The molecule has 30 heavy (non-hydrogen) atoms. The number of hydrogen-bond donors (Lipinski definition) is 0. The summed E-state index contributed by atoms with van der Waals surface area (Å²) in [5.74, 6) is 0.753. The van der Waals surface area contributed by atoms with Gasteiger partial charge in [0.1, 0.15) is 6.33 Å². The fraction of sp³-hybridized carbons (Fsp3) is 0.476. The van der Waals surface area contributed by atoms with Gasteiger partial charge in [-0.2, -0.15) is 22.8 Å². The third kappa shape index (κ3) is 3.64. The molecular weight excluding hydrogens is 411 g/mol. The zero-order valence-electron chi connectivity index (χ0n) is 16.4. The molecule has 2 aliphatic rings. The average Bonchev–Trinajstić information content (AvgIpc) is 3.39.